The molecule has 0 aliphatic rings. The third kappa shape index (κ3) is 24.1. The molecule has 0 aromatic heterocycles. The van der Waals surface area contributed by atoms with Gasteiger partial charge in [0, 0.05) is 37.8 Å². The van der Waals surface area contributed by atoms with Crippen molar-refractivity contribution in [3.05, 3.63) is 0 Å². The van der Waals surface area contributed by atoms with Crippen LogP contribution in [0.2, 0.25) is 0 Å². The van der Waals surface area contributed by atoms with Gasteiger partial charge >= 0.3 is 53.2 Å². The van der Waals surface area contributed by atoms with E-state index in [-0.39, 0.29) is 17.1 Å². The molecule has 0 rings (SSSR count). The van der Waals surface area contributed by atoms with Crippen molar-refractivity contribution in [3.63, 3.8) is 0 Å². The van der Waals surface area contributed by atoms with E-state index in [4.69, 9.17) is 28.8 Å². The fraction of sp³-hybridized carbons (Fsp3) is 0.600. The first kappa shape index (κ1) is 36.3. The molecule has 0 saturated heterocycles. The Bertz CT molecular complexity index is 573. The Hall–Kier alpha value is -2.09. The minimum atomic E-state index is -4.72. The molecule has 16 heteroatoms. The fourth-order valence-corrected chi connectivity index (χ4v) is 1.03. The zero-order valence-electron chi connectivity index (χ0n) is 16.1. The molecule has 0 spiro atoms. The molecule has 0 amide bonds. The molecular formula is C15H21F9FeO6+6. The second kappa shape index (κ2) is 14.8. The summed E-state index contributed by atoms with van der Waals surface area (Å²) in [6.45, 7) is 3.26. The number of rotatable bonds is 6. The molecule has 182 valence electrons. The molecule has 0 heterocycles. The summed E-state index contributed by atoms with van der Waals surface area (Å²) in [6.07, 6.45) is -16.6. The first-order valence-corrected chi connectivity index (χ1v) is 7.41. The van der Waals surface area contributed by atoms with Crippen LogP contribution in [0.5, 0.6) is 0 Å². The van der Waals surface area contributed by atoms with E-state index in [1.165, 1.54) is 0 Å². The summed E-state index contributed by atoms with van der Waals surface area (Å²) in [4.78, 5) is 49.5. The quantitative estimate of drug-likeness (QED) is 0.219. The largest absolute Gasteiger partial charge is 0.505 e. The summed E-state index contributed by atoms with van der Waals surface area (Å²) in [5.74, 6) is -6.41. The van der Waals surface area contributed by atoms with Crippen LogP contribution in [0.4, 0.5) is 39.5 Å². The Morgan fingerprint density at radius 1 is 0.452 bits per heavy atom. The van der Waals surface area contributed by atoms with Crippen molar-refractivity contribution >= 4 is 34.7 Å². The summed E-state index contributed by atoms with van der Waals surface area (Å²) >= 11 is 0. The van der Waals surface area contributed by atoms with Crippen molar-refractivity contribution in [1.29, 1.82) is 0 Å². The minimum Gasteiger partial charge on any atom is -0.283 e. The maximum atomic E-state index is 11.4. The van der Waals surface area contributed by atoms with Gasteiger partial charge in [-0.25, -0.2) is 0 Å². The number of alkyl halides is 9. The number of ketones is 6. The predicted molar refractivity (Wildman–Crippen MR) is 90.7 cm³/mol. The molecule has 6 N–H and O–H groups in total. The summed E-state index contributed by atoms with van der Waals surface area (Å²) < 4.78 is 103. The molecule has 0 aliphatic carbocycles. The standard InChI is InChI=1S/3C5H5F3O2.Fe/c3*1-3(9)2-4(10)5(6,7)8;/h3*2H2,1H3;/p+6. The second-order valence-electron chi connectivity index (χ2n) is 5.57. The van der Waals surface area contributed by atoms with Crippen LogP contribution < -0.4 is 0 Å². The predicted octanol–water partition coefficient (Wildman–Crippen LogP) is 3.14. The molecule has 0 fully saturated rings. The van der Waals surface area contributed by atoms with Crippen molar-refractivity contribution in [2.45, 2.75) is 58.6 Å². The SMILES string of the molecule is CC(=[OH+])CC(=[OH+])C(F)(F)F.CC(=[OH+])CC(=[OH+])C(F)(F)F.CC(=[OH+])CC(=[OH+])C(F)(F)F.[Fe]. The van der Waals surface area contributed by atoms with Gasteiger partial charge in [0.2, 0.25) is 0 Å². The Kier molecular flexibility index (Phi) is 17.4. The van der Waals surface area contributed by atoms with Crippen molar-refractivity contribution in [2.24, 2.45) is 0 Å². The Labute approximate surface area is 179 Å². The van der Waals surface area contributed by atoms with Crippen LogP contribution in [0.15, 0.2) is 0 Å². The van der Waals surface area contributed by atoms with Crippen LogP contribution in [0.1, 0.15) is 40.0 Å². The Morgan fingerprint density at radius 3 is 0.613 bits per heavy atom. The number of hydrogen-bond donors (Lipinski definition) is 0. The average Bonchev–Trinajstić information content (AvgIpc) is 2.43. The first-order chi connectivity index (χ1) is 13.0. The molecule has 31 heavy (non-hydrogen) atoms. The molecule has 0 saturated carbocycles. The number of carbonyl (C=O) groups excluding carboxylic acids is 6. The van der Waals surface area contributed by atoms with Gasteiger partial charge in [-0.2, -0.15) is 39.5 Å². The van der Waals surface area contributed by atoms with Crippen LogP contribution in [0, 0.1) is 0 Å². The number of hydrogen-bond acceptors (Lipinski definition) is 0. The van der Waals surface area contributed by atoms with E-state index in [1.54, 1.807) is 0 Å². The monoisotopic (exact) mass is 524 g/mol. The average molecular weight is 524 g/mol. The van der Waals surface area contributed by atoms with E-state index in [1.807, 2.05) is 0 Å². The minimum absolute atomic E-state index is 0. The van der Waals surface area contributed by atoms with Crippen molar-refractivity contribution in [1.82, 2.24) is 0 Å². The summed E-state index contributed by atoms with van der Waals surface area (Å²) in [6, 6.07) is 0. The van der Waals surface area contributed by atoms with Crippen molar-refractivity contribution in [2.75, 3.05) is 0 Å². The normalized spacial score (nSPS) is 10.8. The van der Waals surface area contributed by atoms with Gasteiger partial charge < -0.3 is 0 Å². The smallest absolute Gasteiger partial charge is 0.283 e. The molecular weight excluding hydrogens is 503 g/mol. The zero-order valence-corrected chi connectivity index (χ0v) is 17.2. The Morgan fingerprint density at radius 2 is 0.581 bits per heavy atom. The summed E-state index contributed by atoms with van der Waals surface area (Å²) in [5.41, 5.74) is 0. The van der Waals surface area contributed by atoms with Crippen LogP contribution in [-0.4, -0.2) is 82.0 Å². The zero-order chi connectivity index (χ0) is 25.1. The molecule has 0 atom stereocenters. The topological polar surface area (TPSA) is 128 Å². The van der Waals surface area contributed by atoms with Gasteiger partial charge in [-0.3, -0.25) is 28.8 Å². The van der Waals surface area contributed by atoms with Gasteiger partial charge in [0.05, 0.1) is 0 Å². The number of halogens is 9. The van der Waals surface area contributed by atoms with E-state index in [9.17, 15) is 39.5 Å². The molecule has 0 bridgehead atoms. The third-order valence-corrected chi connectivity index (χ3v) is 2.25. The van der Waals surface area contributed by atoms with E-state index in [0.717, 1.165) is 20.8 Å². The van der Waals surface area contributed by atoms with Gasteiger partial charge in [0.25, 0.3) is 0 Å². The molecule has 0 aromatic carbocycles. The van der Waals surface area contributed by atoms with Crippen molar-refractivity contribution in [3.8, 4) is 0 Å². The van der Waals surface area contributed by atoms with Gasteiger partial charge in [-0.05, 0) is 0 Å². The van der Waals surface area contributed by atoms with Crippen LogP contribution in [0.3, 0.4) is 0 Å². The molecule has 0 aromatic rings. The maximum Gasteiger partial charge on any atom is 0.505 e. The van der Waals surface area contributed by atoms with Crippen molar-refractivity contribution < 1.29 is 85.3 Å². The van der Waals surface area contributed by atoms with Crippen LogP contribution in [-0.2, 0) is 17.1 Å². The third-order valence-electron chi connectivity index (χ3n) is 2.25. The van der Waals surface area contributed by atoms with Crippen LogP contribution >= 0.6 is 0 Å². The van der Waals surface area contributed by atoms with Gasteiger partial charge in [-0.15, -0.1) is 0 Å². The molecule has 0 aliphatic heterocycles. The summed E-state index contributed by atoms with van der Waals surface area (Å²) in [5, 5.41) is 0. The van der Waals surface area contributed by atoms with E-state index in [2.05, 4.69) is 0 Å². The first-order valence-electron chi connectivity index (χ1n) is 7.41. The summed E-state index contributed by atoms with van der Waals surface area (Å²) in [7, 11) is 0. The molecule has 6 nitrogen and oxygen atoms in total. The van der Waals surface area contributed by atoms with Crippen LogP contribution in [0.25, 0.3) is 0 Å². The fourth-order valence-electron chi connectivity index (χ4n) is 1.03. The van der Waals surface area contributed by atoms with Gasteiger partial charge in [0.15, 0.2) is 19.3 Å². The molecule has 0 radical (unpaired) electrons. The van der Waals surface area contributed by atoms with E-state index in [0.29, 0.717) is 0 Å². The molecule has 0 unspecified atom stereocenters. The Balaban J connectivity index is -0.000000174. The van der Waals surface area contributed by atoms with Gasteiger partial charge in [-0.1, -0.05) is 0 Å². The second-order valence-corrected chi connectivity index (χ2v) is 5.57. The van der Waals surface area contributed by atoms with E-state index >= 15 is 0 Å². The maximum absolute atomic E-state index is 11.4. The van der Waals surface area contributed by atoms with Gasteiger partial charge in [0.1, 0.15) is 0 Å². The van der Waals surface area contributed by atoms with E-state index < -0.39 is 72.5 Å².